The van der Waals surface area contributed by atoms with Crippen molar-refractivity contribution in [1.29, 1.82) is 0 Å². The first-order valence-corrected chi connectivity index (χ1v) is 9.28. The Bertz CT molecular complexity index is 734. The summed E-state index contributed by atoms with van der Waals surface area (Å²) in [6, 6.07) is 14.2. The number of fused-ring (bicyclic) bond motifs is 1. The smallest absolute Gasteiger partial charge is 0.227 e. The third-order valence-corrected chi connectivity index (χ3v) is 5.64. The van der Waals surface area contributed by atoms with E-state index in [1.807, 2.05) is 42.5 Å². The van der Waals surface area contributed by atoms with Crippen LogP contribution in [0.1, 0.15) is 18.4 Å². The Kier molecular flexibility index (Phi) is 4.62. The molecule has 0 bridgehead atoms. The number of piperidine rings is 1. The lowest BCUT2D eigenvalue weighted by molar-refractivity contribution is -0.131. The summed E-state index contributed by atoms with van der Waals surface area (Å²) in [5.41, 5.74) is 1.09. The minimum absolute atomic E-state index is 0.240. The molecule has 5 heteroatoms. The molecule has 2 aliphatic rings. The fourth-order valence-corrected chi connectivity index (χ4v) is 4.20. The van der Waals surface area contributed by atoms with Crippen LogP contribution >= 0.6 is 11.6 Å². The number of benzene rings is 1. The van der Waals surface area contributed by atoms with Gasteiger partial charge in [-0.3, -0.25) is 4.79 Å². The van der Waals surface area contributed by atoms with E-state index in [0.717, 1.165) is 43.9 Å². The molecule has 1 amide bonds. The van der Waals surface area contributed by atoms with Crippen LogP contribution in [0.5, 0.6) is 0 Å². The predicted octanol–water partition coefficient (Wildman–Crippen LogP) is 3.40. The summed E-state index contributed by atoms with van der Waals surface area (Å²) in [5.74, 6) is 1.80. The number of anilines is 1. The average molecular weight is 356 g/mol. The minimum Gasteiger partial charge on any atom is -0.355 e. The number of nitrogens with zero attached hydrogens (tertiary/aromatic N) is 3. The zero-order valence-corrected chi connectivity index (χ0v) is 14.9. The molecule has 2 saturated heterocycles. The predicted molar refractivity (Wildman–Crippen MR) is 99.8 cm³/mol. The first-order valence-electron chi connectivity index (χ1n) is 8.90. The molecule has 0 aliphatic carbocycles. The van der Waals surface area contributed by atoms with Gasteiger partial charge in [-0.05, 0) is 36.5 Å². The second kappa shape index (κ2) is 7.04. The number of hydrogen-bond acceptors (Lipinski definition) is 3. The lowest BCUT2D eigenvalue weighted by atomic mass is 9.92. The second-order valence-electron chi connectivity index (χ2n) is 6.93. The van der Waals surface area contributed by atoms with E-state index < -0.39 is 0 Å². The SMILES string of the molecule is O=C(Cc1ccccc1)N1CCC2CCN(c3ccc(Cl)cn3)CC21. The van der Waals surface area contributed by atoms with Gasteiger partial charge in [-0.2, -0.15) is 0 Å². The molecule has 2 aromatic rings. The topological polar surface area (TPSA) is 36.4 Å². The molecule has 4 rings (SSSR count). The van der Waals surface area contributed by atoms with Crippen molar-refractivity contribution in [3.63, 3.8) is 0 Å². The van der Waals surface area contributed by atoms with Crippen LogP contribution in [0, 0.1) is 5.92 Å². The Hall–Kier alpha value is -2.07. The van der Waals surface area contributed by atoms with E-state index in [2.05, 4.69) is 14.8 Å². The Balaban J connectivity index is 1.46. The van der Waals surface area contributed by atoms with Crippen molar-refractivity contribution >= 4 is 23.3 Å². The molecule has 2 unspecified atom stereocenters. The van der Waals surface area contributed by atoms with Crippen molar-refractivity contribution in [2.45, 2.75) is 25.3 Å². The number of hydrogen-bond donors (Lipinski definition) is 0. The van der Waals surface area contributed by atoms with Crippen molar-refractivity contribution < 1.29 is 4.79 Å². The van der Waals surface area contributed by atoms with Gasteiger partial charge in [-0.1, -0.05) is 41.9 Å². The van der Waals surface area contributed by atoms with Gasteiger partial charge in [-0.15, -0.1) is 0 Å². The molecule has 25 heavy (non-hydrogen) atoms. The molecule has 4 nitrogen and oxygen atoms in total. The van der Waals surface area contributed by atoms with Crippen LogP contribution in [0.4, 0.5) is 5.82 Å². The fourth-order valence-electron chi connectivity index (χ4n) is 4.09. The Labute approximate surface area is 153 Å². The van der Waals surface area contributed by atoms with Crippen molar-refractivity contribution in [3.05, 3.63) is 59.2 Å². The maximum atomic E-state index is 12.8. The molecule has 0 spiro atoms. The van der Waals surface area contributed by atoms with E-state index in [0.29, 0.717) is 23.4 Å². The quantitative estimate of drug-likeness (QED) is 0.846. The van der Waals surface area contributed by atoms with Gasteiger partial charge in [0.25, 0.3) is 0 Å². The van der Waals surface area contributed by atoms with Crippen LogP contribution in [0.25, 0.3) is 0 Å². The normalized spacial score (nSPS) is 22.8. The van der Waals surface area contributed by atoms with Gasteiger partial charge in [0.05, 0.1) is 17.5 Å². The fraction of sp³-hybridized carbons (Fsp3) is 0.400. The molecule has 0 N–H and O–H groups in total. The standard InChI is InChI=1S/C20H22ClN3O/c21-17-6-7-19(22-13-17)23-10-8-16-9-11-24(18(16)14-23)20(25)12-15-4-2-1-3-5-15/h1-7,13,16,18H,8-12,14H2. The third-order valence-electron chi connectivity index (χ3n) is 5.42. The van der Waals surface area contributed by atoms with Crippen molar-refractivity contribution in [1.82, 2.24) is 9.88 Å². The highest BCUT2D eigenvalue weighted by Gasteiger charge is 2.40. The maximum absolute atomic E-state index is 12.8. The average Bonchev–Trinajstić information content (AvgIpc) is 3.06. The van der Waals surface area contributed by atoms with Crippen LogP contribution in [-0.2, 0) is 11.2 Å². The number of aromatic nitrogens is 1. The van der Waals surface area contributed by atoms with Gasteiger partial charge in [0.2, 0.25) is 5.91 Å². The van der Waals surface area contributed by atoms with Gasteiger partial charge in [0.15, 0.2) is 0 Å². The number of carbonyl (C=O) groups is 1. The van der Waals surface area contributed by atoms with E-state index >= 15 is 0 Å². The molecule has 0 radical (unpaired) electrons. The summed E-state index contributed by atoms with van der Waals surface area (Å²) >= 11 is 5.95. The molecule has 2 aliphatic heterocycles. The number of pyridine rings is 1. The molecule has 2 fully saturated rings. The van der Waals surface area contributed by atoms with Crippen LogP contribution in [0.3, 0.4) is 0 Å². The Morgan fingerprint density at radius 2 is 1.92 bits per heavy atom. The zero-order chi connectivity index (χ0) is 17.2. The van der Waals surface area contributed by atoms with Gasteiger partial charge >= 0.3 is 0 Å². The number of rotatable bonds is 3. The highest BCUT2D eigenvalue weighted by Crippen LogP contribution is 2.33. The van der Waals surface area contributed by atoms with Gasteiger partial charge in [0.1, 0.15) is 5.82 Å². The molecular weight excluding hydrogens is 334 g/mol. The largest absolute Gasteiger partial charge is 0.355 e. The number of carbonyl (C=O) groups excluding carboxylic acids is 1. The van der Waals surface area contributed by atoms with Crippen LogP contribution in [0.15, 0.2) is 48.7 Å². The Morgan fingerprint density at radius 3 is 2.68 bits per heavy atom. The third kappa shape index (κ3) is 3.49. The molecule has 130 valence electrons. The van der Waals surface area contributed by atoms with Crippen LogP contribution in [-0.4, -0.2) is 41.5 Å². The highest BCUT2D eigenvalue weighted by atomic mass is 35.5. The number of halogens is 1. The van der Waals surface area contributed by atoms with Crippen molar-refractivity contribution in [2.75, 3.05) is 24.5 Å². The lowest BCUT2D eigenvalue weighted by Crippen LogP contribution is -2.50. The summed E-state index contributed by atoms with van der Waals surface area (Å²) in [6.07, 6.45) is 4.41. The maximum Gasteiger partial charge on any atom is 0.227 e. The second-order valence-corrected chi connectivity index (χ2v) is 7.37. The van der Waals surface area contributed by atoms with E-state index in [1.54, 1.807) is 6.20 Å². The summed E-state index contributed by atoms with van der Waals surface area (Å²) < 4.78 is 0. The number of likely N-dealkylation sites (tertiary alicyclic amines) is 1. The molecular formula is C20H22ClN3O. The highest BCUT2D eigenvalue weighted by molar-refractivity contribution is 6.30. The summed E-state index contributed by atoms with van der Waals surface area (Å²) in [4.78, 5) is 21.7. The van der Waals surface area contributed by atoms with Crippen molar-refractivity contribution in [3.8, 4) is 0 Å². The van der Waals surface area contributed by atoms with E-state index in [4.69, 9.17) is 11.6 Å². The van der Waals surface area contributed by atoms with E-state index in [-0.39, 0.29) is 5.91 Å². The van der Waals surface area contributed by atoms with Crippen molar-refractivity contribution in [2.24, 2.45) is 5.92 Å². The first kappa shape index (κ1) is 16.4. The Morgan fingerprint density at radius 1 is 1.12 bits per heavy atom. The molecule has 1 aromatic carbocycles. The summed E-state index contributed by atoms with van der Waals surface area (Å²) in [7, 11) is 0. The van der Waals surface area contributed by atoms with Gasteiger partial charge in [-0.25, -0.2) is 4.98 Å². The molecule has 3 heterocycles. The zero-order valence-electron chi connectivity index (χ0n) is 14.1. The summed E-state index contributed by atoms with van der Waals surface area (Å²) in [6.45, 7) is 2.74. The monoisotopic (exact) mass is 355 g/mol. The van der Waals surface area contributed by atoms with E-state index in [9.17, 15) is 4.79 Å². The minimum atomic E-state index is 0.240. The van der Waals surface area contributed by atoms with Gasteiger partial charge in [0, 0.05) is 25.8 Å². The summed E-state index contributed by atoms with van der Waals surface area (Å²) in [5, 5.41) is 0.652. The first-order chi connectivity index (χ1) is 12.2. The lowest BCUT2D eigenvalue weighted by Gasteiger charge is -2.39. The molecule has 2 atom stereocenters. The van der Waals surface area contributed by atoms with Gasteiger partial charge < -0.3 is 9.80 Å². The van der Waals surface area contributed by atoms with Crippen LogP contribution < -0.4 is 4.90 Å². The number of amides is 1. The molecule has 0 saturated carbocycles. The van der Waals surface area contributed by atoms with E-state index in [1.165, 1.54) is 0 Å². The van der Waals surface area contributed by atoms with Crippen LogP contribution in [0.2, 0.25) is 5.02 Å². The molecule has 1 aromatic heterocycles.